The van der Waals surface area contributed by atoms with Crippen molar-refractivity contribution < 1.29 is 23.1 Å². The van der Waals surface area contributed by atoms with Gasteiger partial charge in [0.05, 0.1) is 18.9 Å². The molecule has 29 heavy (non-hydrogen) atoms. The second-order valence-electron chi connectivity index (χ2n) is 6.97. The summed E-state index contributed by atoms with van der Waals surface area (Å²) in [6.07, 6.45) is 4.97. The Hall–Kier alpha value is -2.93. The Morgan fingerprint density at radius 3 is 2.62 bits per heavy atom. The van der Waals surface area contributed by atoms with E-state index in [0.717, 1.165) is 12.8 Å². The van der Waals surface area contributed by atoms with Gasteiger partial charge in [0.15, 0.2) is 0 Å². The summed E-state index contributed by atoms with van der Waals surface area (Å²) in [6, 6.07) is 8.84. The van der Waals surface area contributed by atoms with Crippen LogP contribution in [0.25, 0.3) is 0 Å². The third-order valence-corrected chi connectivity index (χ3v) is 4.78. The van der Waals surface area contributed by atoms with Crippen molar-refractivity contribution in [3.05, 3.63) is 72.5 Å². The maximum absolute atomic E-state index is 13.2. The Bertz CT molecular complexity index is 814. The number of carbonyl (C=O) groups is 2. The van der Waals surface area contributed by atoms with E-state index in [-0.39, 0.29) is 31.0 Å². The van der Waals surface area contributed by atoms with Crippen LogP contribution < -0.4 is 0 Å². The topological polar surface area (TPSA) is 63.0 Å². The van der Waals surface area contributed by atoms with Gasteiger partial charge in [0.25, 0.3) is 5.91 Å². The number of halogens is 1. The van der Waals surface area contributed by atoms with Crippen LogP contribution in [0.15, 0.2) is 59.7 Å². The lowest BCUT2D eigenvalue weighted by atomic mass is 10.2. The number of rotatable bonds is 9. The van der Waals surface area contributed by atoms with Gasteiger partial charge in [-0.3, -0.25) is 9.59 Å². The number of nitrogens with zero attached hydrogens (tertiary/aromatic N) is 2. The Balaban J connectivity index is 1.72. The normalized spacial score (nSPS) is 15.8. The average Bonchev–Trinajstić information content (AvgIpc) is 3.41. The molecule has 154 valence electrons. The molecule has 7 heteroatoms. The van der Waals surface area contributed by atoms with Crippen LogP contribution in [0.4, 0.5) is 4.39 Å². The number of amides is 2. The molecule has 3 rings (SSSR count). The van der Waals surface area contributed by atoms with E-state index in [0.29, 0.717) is 31.0 Å². The third-order valence-electron chi connectivity index (χ3n) is 4.78. The highest BCUT2D eigenvalue weighted by Gasteiger charge is 2.26. The largest absolute Gasteiger partial charge is 0.467 e. The highest BCUT2D eigenvalue weighted by Crippen LogP contribution is 2.16. The first-order valence-electron chi connectivity index (χ1n) is 9.64. The average molecular weight is 400 g/mol. The number of benzene rings is 1. The predicted octanol–water partition coefficient (Wildman–Crippen LogP) is 3.25. The van der Waals surface area contributed by atoms with Gasteiger partial charge in [-0.1, -0.05) is 6.08 Å². The molecule has 2 heterocycles. The zero-order valence-electron chi connectivity index (χ0n) is 16.3. The quantitative estimate of drug-likeness (QED) is 0.606. The van der Waals surface area contributed by atoms with Crippen LogP contribution in [0.2, 0.25) is 0 Å². The van der Waals surface area contributed by atoms with E-state index < -0.39 is 5.82 Å². The molecule has 1 atom stereocenters. The molecule has 0 saturated carbocycles. The maximum Gasteiger partial charge on any atom is 0.254 e. The molecule has 0 radical (unpaired) electrons. The number of hydrogen-bond acceptors (Lipinski definition) is 4. The highest BCUT2D eigenvalue weighted by atomic mass is 19.1. The Kier molecular flexibility index (Phi) is 7.19. The number of furan rings is 1. The molecule has 1 aliphatic heterocycles. The SMILES string of the molecule is C=CCN(CC(=O)N(Cc1ccco1)CC1CCCO1)C(=O)c1ccc(F)cc1. The van der Waals surface area contributed by atoms with Crippen LogP contribution in [0.5, 0.6) is 0 Å². The molecule has 1 saturated heterocycles. The zero-order chi connectivity index (χ0) is 20.6. The molecule has 1 aromatic carbocycles. The highest BCUT2D eigenvalue weighted by molar-refractivity contribution is 5.96. The monoisotopic (exact) mass is 400 g/mol. The van der Waals surface area contributed by atoms with Gasteiger partial charge in [-0.2, -0.15) is 0 Å². The first-order chi connectivity index (χ1) is 14.1. The molecule has 2 amide bonds. The first-order valence-corrected chi connectivity index (χ1v) is 9.64. The second kappa shape index (κ2) is 10.0. The van der Waals surface area contributed by atoms with Crippen LogP contribution in [-0.2, 0) is 16.1 Å². The Labute approximate surface area is 169 Å². The fourth-order valence-electron chi connectivity index (χ4n) is 3.29. The van der Waals surface area contributed by atoms with Crippen LogP contribution in [0, 0.1) is 5.82 Å². The lowest BCUT2D eigenvalue weighted by Gasteiger charge is -2.28. The van der Waals surface area contributed by atoms with E-state index in [2.05, 4.69) is 6.58 Å². The number of carbonyl (C=O) groups excluding carboxylic acids is 2. The van der Waals surface area contributed by atoms with E-state index in [1.807, 2.05) is 0 Å². The van der Waals surface area contributed by atoms with E-state index in [1.54, 1.807) is 29.4 Å². The molecule has 0 spiro atoms. The Morgan fingerprint density at radius 1 is 1.21 bits per heavy atom. The summed E-state index contributed by atoms with van der Waals surface area (Å²) >= 11 is 0. The fourth-order valence-corrected chi connectivity index (χ4v) is 3.29. The minimum Gasteiger partial charge on any atom is -0.467 e. The van der Waals surface area contributed by atoms with Crippen molar-refractivity contribution in [1.82, 2.24) is 9.80 Å². The summed E-state index contributed by atoms with van der Waals surface area (Å²) in [5, 5.41) is 0. The molecule has 6 nitrogen and oxygen atoms in total. The summed E-state index contributed by atoms with van der Waals surface area (Å²) in [4.78, 5) is 28.9. The third kappa shape index (κ3) is 5.77. The van der Waals surface area contributed by atoms with Crippen LogP contribution in [0.3, 0.4) is 0 Å². The van der Waals surface area contributed by atoms with Gasteiger partial charge in [-0.25, -0.2) is 4.39 Å². The first kappa shape index (κ1) is 20.8. The minimum atomic E-state index is -0.422. The molecule has 1 fully saturated rings. The summed E-state index contributed by atoms with van der Waals surface area (Å²) in [5.41, 5.74) is 0.317. The van der Waals surface area contributed by atoms with Crippen molar-refractivity contribution in [2.45, 2.75) is 25.5 Å². The van der Waals surface area contributed by atoms with Crippen molar-refractivity contribution in [1.29, 1.82) is 0 Å². The van der Waals surface area contributed by atoms with Gasteiger partial charge in [-0.15, -0.1) is 6.58 Å². The molecule has 0 aliphatic carbocycles. The van der Waals surface area contributed by atoms with Gasteiger partial charge in [0.2, 0.25) is 5.91 Å². The van der Waals surface area contributed by atoms with Gasteiger partial charge in [0, 0.05) is 25.3 Å². The Morgan fingerprint density at radius 2 is 2.00 bits per heavy atom. The van der Waals surface area contributed by atoms with Gasteiger partial charge in [-0.05, 0) is 49.2 Å². The van der Waals surface area contributed by atoms with Gasteiger partial charge >= 0.3 is 0 Å². The zero-order valence-corrected chi connectivity index (χ0v) is 16.3. The summed E-state index contributed by atoms with van der Waals surface area (Å²) in [5.74, 6) is -0.326. The van der Waals surface area contributed by atoms with Crippen LogP contribution >= 0.6 is 0 Å². The molecular formula is C22H25FN2O4. The van der Waals surface area contributed by atoms with Crippen LogP contribution in [0.1, 0.15) is 29.0 Å². The fraction of sp³-hybridized carbons (Fsp3) is 0.364. The second-order valence-corrected chi connectivity index (χ2v) is 6.97. The summed E-state index contributed by atoms with van der Waals surface area (Å²) in [6.45, 7) is 5.20. The standard InChI is InChI=1S/C22H25FN2O4/c1-2-11-24(22(27)17-7-9-18(23)10-8-17)16-21(26)25(14-19-5-3-12-28-19)15-20-6-4-13-29-20/h2-3,5,7-10,12,20H,1,4,6,11,13-16H2. The van der Waals surface area contributed by atoms with Crippen molar-refractivity contribution >= 4 is 11.8 Å². The molecular weight excluding hydrogens is 375 g/mol. The predicted molar refractivity (Wildman–Crippen MR) is 106 cm³/mol. The van der Waals surface area contributed by atoms with Crippen molar-refractivity contribution in [3.63, 3.8) is 0 Å². The van der Waals surface area contributed by atoms with Gasteiger partial charge < -0.3 is 19.0 Å². The minimum absolute atomic E-state index is 0.0189. The van der Waals surface area contributed by atoms with Crippen LogP contribution in [-0.4, -0.2) is 54.0 Å². The summed E-state index contributed by atoms with van der Waals surface area (Å²) in [7, 11) is 0. The lowest BCUT2D eigenvalue weighted by molar-refractivity contribution is -0.134. The molecule has 1 aliphatic rings. The molecule has 1 unspecified atom stereocenters. The van der Waals surface area contributed by atoms with Crippen molar-refractivity contribution in [2.24, 2.45) is 0 Å². The lowest BCUT2D eigenvalue weighted by Crippen LogP contribution is -2.45. The van der Waals surface area contributed by atoms with Crippen molar-refractivity contribution in [2.75, 3.05) is 26.2 Å². The van der Waals surface area contributed by atoms with E-state index in [9.17, 15) is 14.0 Å². The molecule has 0 N–H and O–H groups in total. The van der Waals surface area contributed by atoms with Gasteiger partial charge in [0.1, 0.15) is 18.1 Å². The molecule has 2 aromatic rings. The smallest absolute Gasteiger partial charge is 0.254 e. The maximum atomic E-state index is 13.2. The van der Waals surface area contributed by atoms with Crippen molar-refractivity contribution in [3.8, 4) is 0 Å². The molecule has 0 bridgehead atoms. The summed E-state index contributed by atoms with van der Waals surface area (Å²) < 4.78 is 24.2. The van der Waals surface area contributed by atoms with E-state index >= 15 is 0 Å². The number of ether oxygens (including phenoxy) is 1. The van der Waals surface area contributed by atoms with E-state index in [4.69, 9.17) is 9.15 Å². The molecule has 1 aromatic heterocycles. The number of hydrogen-bond donors (Lipinski definition) is 0. The van der Waals surface area contributed by atoms with E-state index in [1.165, 1.54) is 29.2 Å².